The van der Waals surface area contributed by atoms with E-state index in [4.69, 9.17) is 5.11 Å². The molecular weight excluding hydrogens is 262 g/mol. The minimum absolute atomic E-state index is 0.00585. The van der Waals surface area contributed by atoms with Crippen LogP contribution in [0.1, 0.15) is 26.3 Å². The molecule has 1 aromatic carbocycles. The number of hydrogen-bond donors (Lipinski definition) is 2. The lowest BCUT2D eigenvalue weighted by atomic mass is 10.1. The fourth-order valence-corrected chi connectivity index (χ4v) is 2.00. The fraction of sp³-hybridized carbons (Fsp3) is 0.429. The molecule has 2 N–H and O–H groups in total. The van der Waals surface area contributed by atoms with Gasteiger partial charge in [0.2, 0.25) is 5.91 Å². The highest BCUT2D eigenvalue weighted by Crippen LogP contribution is 2.23. The zero-order valence-corrected chi connectivity index (χ0v) is 12.2. The Kier molecular flexibility index (Phi) is 5.42. The molecule has 5 heteroatoms. The van der Waals surface area contributed by atoms with E-state index in [1.807, 2.05) is 0 Å². The Morgan fingerprint density at radius 2 is 1.79 bits per heavy atom. The number of rotatable bonds is 5. The van der Waals surface area contributed by atoms with Crippen LogP contribution in [0.3, 0.4) is 0 Å². The van der Waals surface area contributed by atoms with Gasteiger partial charge in [-0.25, -0.2) is 0 Å². The maximum atomic E-state index is 11.7. The van der Waals surface area contributed by atoms with Crippen LogP contribution >= 0.6 is 11.8 Å². The van der Waals surface area contributed by atoms with E-state index in [-0.39, 0.29) is 17.1 Å². The fourth-order valence-electron chi connectivity index (χ4n) is 1.36. The first-order valence-corrected chi connectivity index (χ1v) is 6.99. The number of benzene rings is 1. The zero-order valence-electron chi connectivity index (χ0n) is 11.4. The van der Waals surface area contributed by atoms with Crippen molar-refractivity contribution < 1.29 is 14.7 Å². The number of amides is 1. The third-order valence-corrected chi connectivity index (χ3v) is 3.50. The van der Waals surface area contributed by atoms with E-state index < -0.39 is 5.97 Å². The maximum Gasteiger partial charge on any atom is 0.307 e. The number of anilines is 1. The molecule has 0 radical (unpaired) electrons. The number of hydrogen-bond acceptors (Lipinski definition) is 3. The number of carbonyl (C=O) groups is 2. The van der Waals surface area contributed by atoms with Crippen LogP contribution in [0.5, 0.6) is 0 Å². The second-order valence-corrected chi connectivity index (χ2v) is 7.02. The average Bonchev–Trinajstić information content (AvgIpc) is 2.28. The van der Waals surface area contributed by atoms with Crippen LogP contribution in [0, 0.1) is 0 Å². The normalized spacial score (nSPS) is 11.1. The molecule has 0 spiro atoms. The summed E-state index contributed by atoms with van der Waals surface area (Å²) >= 11 is 1.58. The van der Waals surface area contributed by atoms with E-state index in [1.54, 1.807) is 36.0 Å². The largest absolute Gasteiger partial charge is 0.481 e. The first-order chi connectivity index (χ1) is 8.76. The van der Waals surface area contributed by atoms with Gasteiger partial charge in [0.05, 0.1) is 12.2 Å². The van der Waals surface area contributed by atoms with E-state index in [0.717, 1.165) is 5.56 Å². The molecule has 0 saturated carbocycles. The van der Waals surface area contributed by atoms with Gasteiger partial charge in [-0.1, -0.05) is 32.9 Å². The van der Waals surface area contributed by atoms with Crippen LogP contribution in [-0.2, 0) is 16.0 Å². The molecule has 1 amide bonds. The van der Waals surface area contributed by atoms with Crippen molar-refractivity contribution in [3.63, 3.8) is 0 Å². The maximum absolute atomic E-state index is 11.7. The summed E-state index contributed by atoms with van der Waals surface area (Å²) < 4.78 is 0.0582. The second kappa shape index (κ2) is 6.61. The molecule has 1 aromatic rings. The van der Waals surface area contributed by atoms with Crippen molar-refractivity contribution >= 4 is 29.3 Å². The molecule has 0 saturated heterocycles. The van der Waals surface area contributed by atoms with Gasteiger partial charge in [-0.2, -0.15) is 0 Å². The van der Waals surface area contributed by atoms with Crippen molar-refractivity contribution in [3.8, 4) is 0 Å². The molecule has 19 heavy (non-hydrogen) atoms. The van der Waals surface area contributed by atoms with Gasteiger partial charge in [0.25, 0.3) is 0 Å². The van der Waals surface area contributed by atoms with Crippen molar-refractivity contribution in [3.05, 3.63) is 29.8 Å². The predicted octanol–water partition coefficient (Wildman–Crippen LogP) is 2.78. The molecule has 1 rings (SSSR count). The van der Waals surface area contributed by atoms with Gasteiger partial charge in [0.1, 0.15) is 0 Å². The Hall–Kier alpha value is -1.49. The highest BCUT2D eigenvalue weighted by Gasteiger charge is 2.13. The topological polar surface area (TPSA) is 66.4 Å². The molecule has 0 aliphatic carbocycles. The number of nitrogens with one attached hydrogen (secondary N) is 1. The molecule has 0 aromatic heterocycles. The highest BCUT2D eigenvalue weighted by molar-refractivity contribution is 8.01. The third-order valence-electron chi connectivity index (χ3n) is 2.23. The molecule has 4 nitrogen and oxygen atoms in total. The summed E-state index contributed by atoms with van der Waals surface area (Å²) in [5, 5.41) is 11.4. The number of carbonyl (C=O) groups excluding carboxylic acids is 1. The van der Waals surface area contributed by atoms with Gasteiger partial charge in [-0.3, -0.25) is 9.59 Å². The Morgan fingerprint density at radius 1 is 1.21 bits per heavy atom. The van der Waals surface area contributed by atoms with E-state index in [2.05, 4.69) is 26.1 Å². The van der Waals surface area contributed by atoms with Crippen LogP contribution < -0.4 is 5.32 Å². The van der Waals surface area contributed by atoms with E-state index >= 15 is 0 Å². The Morgan fingerprint density at radius 3 is 2.26 bits per heavy atom. The molecule has 0 fully saturated rings. The lowest BCUT2D eigenvalue weighted by Crippen LogP contribution is -2.18. The summed E-state index contributed by atoms with van der Waals surface area (Å²) in [6.07, 6.45) is -0.00585. The molecular formula is C14H19NO3S. The van der Waals surface area contributed by atoms with Gasteiger partial charge in [0, 0.05) is 10.4 Å². The highest BCUT2D eigenvalue weighted by atomic mass is 32.2. The molecule has 104 valence electrons. The Bertz CT molecular complexity index is 449. The van der Waals surface area contributed by atoms with Crippen molar-refractivity contribution in [2.75, 3.05) is 11.1 Å². The van der Waals surface area contributed by atoms with Crippen molar-refractivity contribution in [1.29, 1.82) is 0 Å². The summed E-state index contributed by atoms with van der Waals surface area (Å²) in [6, 6.07) is 6.86. The van der Waals surface area contributed by atoms with Gasteiger partial charge in [0.15, 0.2) is 0 Å². The van der Waals surface area contributed by atoms with E-state index in [0.29, 0.717) is 11.4 Å². The van der Waals surface area contributed by atoms with Crippen molar-refractivity contribution in [2.24, 2.45) is 0 Å². The van der Waals surface area contributed by atoms with Crippen LogP contribution in [0.2, 0.25) is 0 Å². The van der Waals surface area contributed by atoms with Gasteiger partial charge in [-0.05, 0) is 17.7 Å². The van der Waals surface area contributed by atoms with E-state index in [9.17, 15) is 9.59 Å². The van der Waals surface area contributed by atoms with Gasteiger partial charge in [-0.15, -0.1) is 11.8 Å². The average molecular weight is 281 g/mol. The summed E-state index contributed by atoms with van der Waals surface area (Å²) in [4.78, 5) is 22.2. The first-order valence-electron chi connectivity index (χ1n) is 6.01. The summed E-state index contributed by atoms with van der Waals surface area (Å²) in [5.74, 6) is -0.510. The number of carboxylic acid groups (broad SMARTS) is 1. The monoisotopic (exact) mass is 281 g/mol. The number of thioether (sulfide) groups is 1. The van der Waals surface area contributed by atoms with Crippen LogP contribution in [-0.4, -0.2) is 27.5 Å². The summed E-state index contributed by atoms with van der Waals surface area (Å²) in [6.45, 7) is 6.18. The van der Waals surface area contributed by atoms with Crippen LogP contribution in [0.25, 0.3) is 0 Å². The second-order valence-electron chi connectivity index (χ2n) is 5.22. The number of carboxylic acids is 1. The smallest absolute Gasteiger partial charge is 0.307 e. The lowest BCUT2D eigenvalue weighted by Gasteiger charge is -2.17. The Labute approximate surface area is 117 Å². The Balaban J connectivity index is 2.49. The summed E-state index contributed by atoms with van der Waals surface area (Å²) in [7, 11) is 0. The lowest BCUT2D eigenvalue weighted by molar-refractivity contribution is -0.136. The van der Waals surface area contributed by atoms with Gasteiger partial charge < -0.3 is 10.4 Å². The third kappa shape index (κ3) is 6.86. The van der Waals surface area contributed by atoms with Crippen LogP contribution in [0.15, 0.2) is 24.3 Å². The standard InChI is InChI=1S/C14H19NO3S/c1-14(2,3)19-9-12(16)15-11-6-4-10(5-7-11)8-13(17)18/h4-7H,8-9H2,1-3H3,(H,15,16)(H,17,18). The number of aliphatic carboxylic acids is 1. The molecule has 0 unspecified atom stereocenters. The zero-order chi connectivity index (χ0) is 14.5. The molecule has 0 aliphatic rings. The summed E-state index contributed by atoms with van der Waals surface area (Å²) in [5.41, 5.74) is 1.41. The molecule has 0 aliphatic heterocycles. The SMILES string of the molecule is CC(C)(C)SCC(=O)Nc1ccc(CC(=O)O)cc1. The van der Waals surface area contributed by atoms with Gasteiger partial charge >= 0.3 is 5.97 Å². The van der Waals surface area contributed by atoms with Crippen molar-refractivity contribution in [2.45, 2.75) is 31.9 Å². The minimum atomic E-state index is -0.863. The van der Waals surface area contributed by atoms with E-state index in [1.165, 1.54) is 0 Å². The quantitative estimate of drug-likeness (QED) is 0.871. The molecule has 0 atom stereocenters. The minimum Gasteiger partial charge on any atom is -0.481 e. The predicted molar refractivity (Wildman–Crippen MR) is 78.6 cm³/mol. The van der Waals surface area contributed by atoms with Crippen molar-refractivity contribution in [1.82, 2.24) is 0 Å². The molecule has 0 bridgehead atoms. The first kappa shape index (κ1) is 15.6. The molecule has 0 heterocycles. The van der Waals surface area contributed by atoms with Crippen LogP contribution in [0.4, 0.5) is 5.69 Å².